The van der Waals surface area contributed by atoms with E-state index in [9.17, 15) is 30.8 Å². The number of carbonyl (C=O) groups is 1. The molecule has 0 unspecified atom stereocenters. The Kier molecular flexibility index (Phi) is 6.64. The van der Waals surface area contributed by atoms with E-state index in [0.29, 0.717) is 42.8 Å². The van der Waals surface area contributed by atoms with Gasteiger partial charge in [-0.15, -0.1) is 0 Å². The van der Waals surface area contributed by atoms with E-state index in [1.165, 1.54) is 24.4 Å². The van der Waals surface area contributed by atoms with E-state index < -0.39 is 27.4 Å². The predicted octanol–water partition coefficient (Wildman–Crippen LogP) is 4.98. The number of amides is 1. The first kappa shape index (κ1) is 25.8. The Hall–Kier alpha value is -3.86. The largest absolute Gasteiger partial charge is 0.416 e. The summed E-state index contributed by atoms with van der Waals surface area (Å²) in [6, 6.07) is 16.5. The van der Waals surface area contributed by atoms with Crippen molar-refractivity contribution < 1.29 is 30.8 Å². The Morgan fingerprint density at radius 1 is 0.868 bits per heavy atom. The molecule has 1 aliphatic rings. The molecule has 198 valence electrons. The fourth-order valence-electron chi connectivity index (χ4n) is 4.64. The molecule has 1 aromatic heterocycles. The third-order valence-electron chi connectivity index (χ3n) is 6.64. The fraction of sp³-hybridized carbons (Fsp3) is 0.222. The number of rotatable bonds is 5. The molecule has 4 aromatic rings. The summed E-state index contributed by atoms with van der Waals surface area (Å²) in [6.45, 7) is 1.25. The SMILES string of the molecule is O=C(Cn1cc(S(=O)(=O)c2ccc(F)cc2)c2ccccc21)N1CCN(c2cccc(C(F)(F)F)c2)CC1. The van der Waals surface area contributed by atoms with Crippen LogP contribution >= 0.6 is 0 Å². The molecule has 0 radical (unpaired) electrons. The number of sulfone groups is 1. The minimum atomic E-state index is -4.43. The maximum Gasteiger partial charge on any atom is 0.416 e. The van der Waals surface area contributed by atoms with Gasteiger partial charge in [0.05, 0.1) is 15.4 Å². The van der Waals surface area contributed by atoms with E-state index in [-0.39, 0.29) is 22.2 Å². The van der Waals surface area contributed by atoms with E-state index in [1.54, 1.807) is 44.7 Å². The maximum atomic E-state index is 13.4. The van der Waals surface area contributed by atoms with Crippen LogP contribution in [-0.4, -0.2) is 50.0 Å². The van der Waals surface area contributed by atoms with Crippen molar-refractivity contribution >= 4 is 32.3 Å². The zero-order valence-corrected chi connectivity index (χ0v) is 20.8. The number of halogens is 4. The zero-order valence-electron chi connectivity index (χ0n) is 20.0. The Bertz CT molecular complexity index is 1590. The van der Waals surface area contributed by atoms with Crippen molar-refractivity contribution in [3.63, 3.8) is 0 Å². The van der Waals surface area contributed by atoms with Gasteiger partial charge >= 0.3 is 6.18 Å². The van der Waals surface area contributed by atoms with Gasteiger partial charge in [-0.25, -0.2) is 12.8 Å². The quantitative estimate of drug-likeness (QED) is 0.262. The van der Waals surface area contributed by atoms with Crippen molar-refractivity contribution in [2.24, 2.45) is 0 Å². The molecule has 3 aromatic carbocycles. The molecule has 38 heavy (non-hydrogen) atoms. The molecule has 2 heterocycles. The molecule has 0 saturated carbocycles. The molecule has 0 atom stereocenters. The minimum Gasteiger partial charge on any atom is -0.368 e. The first-order valence-corrected chi connectivity index (χ1v) is 13.3. The smallest absolute Gasteiger partial charge is 0.368 e. The molecular weight excluding hydrogens is 522 g/mol. The molecule has 0 aliphatic carbocycles. The van der Waals surface area contributed by atoms with Gasteiger partial charge in [-0.1, -0.05) is 24.3 Å². The molecule has 1 amide bonds. The summed E-state index contributed by atoms with van der Waals surface area (Å²) < 4.78 is 80.8. The highest BCUT2D eigenvalue weighted by Gasteiger charge is 2.31. The number of para-hydroxylation sites is 1. The molecule has 0 spiro atoms. The zero-order chi connectivity index (χ0) is 27.1. The third-order valence-corrected chi connectivity index (χ3v) is 8.44. The van der Waals surface area contributed by atoms with Crippen LogP contribution in [0.4, 0.5) is 23.2 Å². The van der Waals surface area contributed by atoms with E-state index in [1.807, 2.05) is 0 Å². The van der Waals surface area contributed by atoms with E-state index in [4.69, 9.17) is 0 Å². The van der Waals surface area contributed by atoms with Crippen molar-refractivity contribution in [3.05, 3.63) is 90.4 Å². The number of alkyl halides is 3. The van der Waals surface area contributed by atoms with Crippen molar-refractivity contribution in [1.29, 1.82) is 0 Å². The van der Waals surface area contributed by atoms with Gasteiger partial charge in [-0.05, 0) is 48.5 Å². The molecule has 6 nitrogen and oxygen atoms in total. The lowest BCUT2D eigenvalue weighted by molar-refractivity contribution is -0.137. The number of piperazine rings is 1. The molecule has 0 bridgehead atoms. The second-order valence-electron chi connectivity index (χ2n) is 9.01. The standard InChI is InChI=1S/C27H23F4N3O3S/c28-20-8-10-22(11-9-20)38(36,37)25-17-34(24-7-2-1-6-23(24)25)18-26(35)33-14-12-32(13-15-33)21-5-3-4-19(16-21)27(29,30)31/h1-11,16-17H,12-15,18H2. The van der Waals surface area contributed by atoms with Crippen molar-refractivity contribution in [1.82, 2.24) is 9.47 Å². The first-order chi connectivity index (χ1) is 18.0. The normalized spacial score (nSPS) is 14.7. The van der Waals surface area contributed by atoms with Gasteiger partial charge in [-0.2, -0.15) is 13.2 Å². The average molecular weight is 546 g/mol. The fourth-order valence-corrected chi connectivity index (χ4v) is 6.11. The topological polar surface area (TPSA) is 62.6 Å². The molecule has 1 fully saturated rings. The number of fused-ring (bicyclic) bond motifs is 1. The van der Waals surface area contributed by atoms with Crippen LogP contribution in [0.25, 0.3) is 10.9 Å². The lowest BCUT2D eigenvalue weighted by atomic mass is 10.1. The summed E-state index contributed by atoms with van der Waals surface area (Å²) in [6.07, 6.45) is -3.02. The second kappa shape index (κ2) is 9.79. The number of aromatic nitrogens is 1. The number of hydrogen-bond acceptors (Lipinski definition) is 4. The van der Waals surface area contributed by atoms with Gasteiger partial charge in [0.25, 0.3) is 0 Å². The highest BCUT2D eigenvalue weighted by molar-refractivity contribution is 7.91. The number of benzene rings is 3. The van der Waals surface area contributed by atoms with Gasteiger partial charge < -0.3 is 14.4 Å². The van der Waals surface area contributed by atoms with E-state index >= 15 is 0 Å². The summed E-state index contributed by atoms with van der Waals surface area (Å²) in [4.78, 5) is 16.5. The number of carbonyl (C=O) groups excluding carboxylic acids is 1. The number of nitrogens with zero attached hydrogens (tertiary/aromatic N) is 3. The Labute approximate surface area is 216 Å². The highest BCUT2D eigenvalue weighted by atomic mass is 32.2. The predicted molar refractivity (Wildman–Crippen MR) is 134 cm³/mol. The monoisotopic (exact) mass is 545 g/mol. The van der Waals surface area contributed by atoms with Crippen LogP contribution in [-0.2, 0) is 27.4 Å². The van der Waals surface area contributed by atoms with Crippen molar-refractivity contribution in [3.8, 4) is 0 Å². The Morgan fingerprint density at radius 2 is 1.55 bits per heavy atom. The summed E-state index contributed by atoms with van der Waals surface area (Å²) >= 11 is 0. The van der Waals surface area contributed by atoms with Crippen LogP contribution in [0, 0.1) is 5.82 Å². The summed E-state index contributed by atoms with van der Waals surface area (Å²) in [5.74, 6) is -0.787. The van der Waals surface area contributed by atoms with Gasteiger partial charge in [0.15, 0.2) is 0 Å². The molecule has 1 aliphatic heterocycles. The van der Waals surface area contributed by atoms with Crippen LogP contribution in [0.3, 0.4) is 0 Å². The molecule has 11 heteroatoms. The molecule has 0 N–H and O–H groups in total. The van der Waals surface area contributed by atoms with Crippen LogP contribution in [0.5, 0.6) is 0 Å². The van der Waals surface area contributed by atoms with Crippen molar-refractivity contribution in [2.75, 3.05) is 31.1 Å². The first-order valence-electron chi connectivity index (χ1n) is 11.8. The minimum absolute atomic E-state index is 0.0156. The van der Waals surface area contributed by atoms with Gasteiger partial charge in [-0.3, -0.25) is 4.79 Å². The summed E-state index contributed by atoms with van der Waals surface area (Å²) in [5, 5.41) is 0.444. The van der Waals surface area contributed by atoms with Crippen LogP contribution in [0.2, 0.25) is 0 Å². The maximum absolute atomic E-state index is 13.4. The van der Waals surface area contributed by atoms with Crippen LogP contribution in [0.15, 0.2) is 88.8 Å². The lowest BCUT2D eigenvalue weighted by Crippen LogP contribution is -2.49. The Morgan fingerprint density at radius 3 is 2.24 bits per heavy atom. The average Bonchev–Trinajstić information content (AvgIpc) is 3.28. The molecular formula is C27H23F4N3O3S. The van der Waals surface area contributed by atoms with Gasteiger partial charge in [0.2, 0.25) is 15.7 Å². The third kappa shape index (κ3) is 4.98. The van der Waals surface area contributed by atoms with Crippen LogP contribution < -0.4 is 4.90 Å². The van der Waals surface area contributed by atoms with Gasteiger partial charge in [0.1, 0.15) is 12.4 Å². The molecule has 1 saturated heterocycles. The lowest BCUT2D eigenvalue weighted by Gasteiger charge is -2.36. The van der Waals surface area contributed by atoms with Crippen molar-refractivity contribution in [2.45, 2.75) is 22.5 Å². The van der Waals surface area contributed by atoms with Gasteiger partial charge in [0, 0.05) is 49.0 Å². The number of hydrogen-bond donors (Lipinski definition) is 0. The molecule has 5 rings (SSSR count). The van der Waals surface area contributed by atoms with E-state index in [0.717, 1.165) is 24.3 Å². The van der Waals surface area contributed by atoms with E-state index in [2.05, 4.69) is 0 Å². The Balaban J connectivity index is 1.33. The van der Waals surface area contributed by atoms with Crippen LogP contribution in [0.1, 0.15) is 5.56 Å². The number of anilines is 1. The highest BCUT2D eigenvalue weighted by Crippen LogP contribution is 2.32. The summed E-state index contributed by atoms with van der Waals surface area (Å²) in [7, 11) is -3.97. The summed E-state index contributed by atoms with van der Waals surface area (Å²) in [5.41, 5.74) is 0.280. The second-order valence-corrected chi connectivity index (χ2v) is 10.9.